The third-order valence-corrected chi connectivity index (χ3v) is 6.87. The van der Waals surface area contributed by atoms with E-state index in [0.29, 0.717) is 6.42 Å². The summed E-state index contributed by atoms with van der Waals surface area (Å²) in [4.78, 5) is 36.3. The summed E-state index contributed by atoms with van der Waals surface area (Å²) in [5.74, 6) is -4.08. The lowest BCUT2D eigenvalue weighted by Crippen LogP contribution is -2.35. The van der Waals surface area contributed by atoms with Crippen molar-refractivity contribution < 1.29 is 23.1 Å². The van der Waals surface area contributed by atoms with E-state index in [1.807, 2.05) is 0 Å². The number of rotatable bonds is 6. The number of amides is 1. The van der Waals surface area contributed by atoms with Gasteiger partial charge >= 0.3 is 0 Å². The topological polar surface area (TPSA) is 106 Å². The molecule has 1 aliphatic heterocycles. The van der Waals surface area contributed by atoms with Gasteiger partial charge in [-0.3, -0.25) is 23.8 Å². The van der Waals surface area contributed by atoms with Crippen molar-refractivity contribution in [1.29, 1.82) is 0 Å². The van der Waals surface area contributed by atoms with Crippen LogP contribution in [0.2, 0.25) is 0 Å². The predicted octanol–water partition coefficient (Wildman–Crippen LogP) is 3.79. The van der Waals surface area contributed by atoms with Gasteiger partial charge in [0.15, 0.2) is 11.4 Å². The second-order valence-electron chi connectivity index (χ2n) is 9.42. The Labute approximate surface area is 221 Å². The molecule has 9 nitrogen and oxygen atoms in total. The van der Waals surface area contributed by atoms with E-state index < -0.39 is 46.4 Å². The highest BCUT2D eigenvalue weighted by molar-refractivity contribution is 5.96. The van der Waals surface area contributed by atoms with Crippen LogP contribution in [0.15, 0.2) is 53.6 Å². The summed E-state index contributed by atoms with van der Waals surface area (Å²) in [7, 11) is 1.65. The molecular weight excluding hydrogens is 513 g/mol. The number of hydrogen-bond donors (Lipinski definition) is 1. The Kier molecular flexibility index (Phi) is 6.94. The number of pyridine rings is 1. The summed E-state index contributed by atoms with van der Waals surface area (Å²) in [5.41, 5.74) is -0.976. The Morgan fingerprint density at radius 1 is 1.18 bits per heavy atom. The molecule has 1 aliphatic rings. The maximum atomic E-state index is 14.3. The average Bonchev–Trinajstić information content (AvgIpc) is 3.55. The number of aromatic hydroxyl groups is 1. The summed E-state index contributed by atoms with van der Waals surface area (Å²) < 4.78 is 45.3. The highest BCUT2D eigenvalue weighted by Crippen LogP contribution is 2.35. The van der Waals surface area contributed by atoms with Crippen LogP contribution in [0.5, 0.6) is 5.88 Å². The number of aromatic nitrogens is 5. The molecule has 4 aromatic rings. The van der Waals surface area contributed by atoms with Gasteiger partial charge in [0.2, 0.25) is 5.88 Å². The summed E-state index contributed by atoms with van der Waals surface area (Å²) >= 11 is 0. The van der Waals surface area contributed by atoms with Gasteiger partial charge in [0.1, 0.15) is 23.1 Å². The number of likely N-dealkylation sites (tertiary alicyclic amines) is 1. The molecule has 1 N–H and O–H groups in total. The van der Waals surface area contributed by atoms with Crippen molar-refractivity contribution in [3.63, 3.8) is 0 Å². The Morgan fingerprint density at radius 3 is 2.56 bits per heavy atom. The standard InChI is InChI=1S/C27H25F3N6O3/c1-3-21(16-11-17(28)13-18(29)12-16)36-24(20-7-9-34(2)33-20)32-25(37)22(27(36)39)26(38)35-10-6-15(14-35)23-19(30)5-4-8-31-23/h4-5,7-9,11-13,15,21,39H,3,6,10,14H2,1-2H3. The van der Waals surface area contributed by atoms with Crippen LogP contribution in [0.3, 0.4) is 0 Å². The van der Waals surface area contributed by atoms with Gasteiger partial charge in [-0.1, -0.05) is 6.92 Å². The zero-order valence-electron chi connectivity index (χ0n) is 21.2. The summed E-state index contributed by atoms with van der Waals surface area (Å²) in [5, 5.41) is 15.7. The van der Waals surface area contributed by atoms with E-state index >= 15 is 0 Å². The molecule has 1 saturated heterocycles. The zero-order chi connectivity index (χ0) is 27.8. The Balaban J connectivity index is 1.61. The molecule has 39 heavy (non-hydrogen) atoms. The molecule has 1 amide bonds. The zero-order valence-corrected chi connectivity index (χ0v) is 21.2. The van der Waals surface area contributed by atoms with Crippen molar-refractivity contribution in [2.24, 2.45) is 7.05 Å². The highest BCUT2D eigenvalue weighted by Gasteiger charge is 2.35. The predicted molar refractivity (Wildman–Crippen MR) is 135 cm³/mol. The van der Waals surface area contributed by atoms with Crippen LogP contribution in [0.25, 0.3) is 11.5 Å². The van der Waals surface area contributed by atoms with Crippen molar-refractivity contribution >= 4 is 5.91 Å². The fraction of sp³-hybridized carbons (Fsp3) is 0.296. The SMILES string of the molecule is CCC(c1cc(F)cc(F)c1)n1c(-c2ccn(C)n2)nc(=O)c(C(=O)N2CCC(c3ncccc3F)C2)c1O. The number of nitrogens with zero attached hydrogens (tertiary/aromatic N) is 6. The lowest BCUT2D eigenvalue weighted by molar-refractivity contribution is 0.0783. The number of hydrogen-bond acceptors (Lipinski definition) is 6. The molecule has 1 fully saturated rings. The minimum absolute atomic E-state index is 0.0685. The molecular formula is C27H25F3N6O3. The van der Waals surface area contributed by atoms with E-state index in [9.17, 15) is 27.9 Å². The fourth-order valence-corrected chi connectivity index (χ4v) is 5.08. The number of benzene rings is 1. The van der Waals surface area contributed by atoms with E-state index in [2.05, 4.69) is 15.1 Å². The quantitative estimate of drug-likeness (QED) is 0.401. The third-order valence-electron chi connectivity index (χ3n) is 6.87. The molecule has 0 radical (unpaired) electrons. The molecule has 5 rings (SSSR count). The second-order valence-corrected chi connectivity index (χ2v) is 9.42. The molecule has 2 atom stereocenters. The second kappa shape index (κ2) is 10.4. The van der Waals surface area contributed by atoms with E-state index in [0.717, 1.165) is 18.2 Å². The van der Waals surface area contributed by atoms with Gasteiger partial charge in [-0.2, -0.15) is 10.1 Å². The lowest BCUT2D eigenvalue weighted by Gasteiger charge is -2.25. The van der Waals surface area contributed by atoms with Crippen LogP contribution < -0.4 is 5.56 Å². The first-order valence-electron chi connectivity index (χ1n) is 12.4. The fourth-order valence-electron chi connectivity index (χ4n) is 5.08. The van der Waals surface area contributed by atoms with Crippen molar-refractivity contribution in [3.8, 4) is 17.4 Å². The van der Waals surface area contributed by atoms with Crippen molar-refractivity contribution in [3.05, 3.63) is 93.4 Å². The van der Waals surface area contributed by atoms with E-state index in [-0.39, 0.29) is 48.2 Å². The molecule has 4 heterocycles. The average molecular weight is 539 g/mol. The largest absolute Gasteiger partial charge is 0.494 e. The number of aryl methyl sites for hydroxylation is 1. The van der Waals surface area contributed by atoms with Gasteiger partial charge in [-0.25, -0.2) is 13.2 Å². The van der Waals surface area contributed by atoms with Gasteiger partial charge in [0.05, 0.1) is 11.7 Å². The van der Waals surface area contributed by atoms with Gasteiger partial charge in [0.25, 0.3) is 11.5 Å². The molecule has 12 heteroatoms. The van der Waals surface area contributed by atoms with Crippen molar-refractivity contribution in [1.82, 2.24) is 29.2 Å². The number of halogens is 3. The minimum atomic E-state index is -0.984. The van der Waals surface area contributed by atoms with E-state index in [1.165, 1.54) is 32.5 Å². The Bertz CT molecular complexity index is 1600. The summed E-state index contributed by atoms with van der Waals surface area (Å²) in [6.45, 7) is 2.01. The first-order chi connectivity index (χ1) is 18.7. The van der Waals surface area contributed by atoms with Crippen LogP contribution >= 0.6 is 0 Å². The maximum Gasteiger partial charge on any atom is 0.290 e. The van der Waals surface area contributed by atoms with Crippen LogP contribution in [0.4, 0.5) is 13.2 Å². The van der Waals surface area contributed by atoms with Crippen LogP contribution in [-0.2, 0) is 7.05 Å². The lowest BCUT2D eigenvalue weighted by atomic mass is 10.0. The van der Waals surface area contributed by atoms with Crippen LogP contribution in [0, 0.1) is 17.5 Å². The maximum absolute atomic E-state index is 14.3. The number of carbonyl (C=O) groups is 1. The van der Waals surface area contributed by atoms with Gasteiger partial charge < -0.3 is 10.0 Å². The minimum Gasteiger partial charge on any atom is -0.494 e. The van der Waals surface area contributed by atoms with Crippen LogP contribution in [0.1, 0.15) is 53.3 Å². The van der Waals surface area contributed by atoms with Crippen LogP contribution in [-0.4, -0.2) is 53.3 Å². The molecule has 0 bridgehead atoms. The molecule has 202 valence electrons. The van der Waals surface area contributed by atoms with E-state index in [1.54, 1.807) is 26.2 Å². The molecule has 0 saturated carbocycles. The molecule has 0 aliphatic carbocycles. The molecule has 3 aromatic heterocycles. The third kappa shape index (κ3) is 4.89. The van der Waals surface area contributed by atoms with Gasteiger partial charge in [-0.15, -0.1) is 0 Å². The monoisotopic (exact) mass is 538 g/mol. The van der Waals surface area contributed by atoms with Gasteiger partial charge in [-0.05, 0) is 48.7 Å². The van der Waals surface area contributed by atoms with Gasteiger partial charge in [0, 0.05) is 44.5 Å². The van der Waals surface area contributed by atoms with Crippen molar-refractivity contribution in [2.45, 2.75) is 31.7 Å². The highest BCUT2D eigenvalue weighted by atomic mass is 19.1. The smallest absolute Gasteiger partial charge is 0.290 e. The first-order valence-corrected chi connectivity index (χ1v) is 12.4. The normalized spacial score (nSPS) is 16.0. The Morgan fingerprint density at radius 2 is 1.92 bits per heavy atom. The van der Waals surface area contributed by atoms with E-state index in [4.69, 9.17) is 0 Å². The summed E-state index contributed by atoms with van der Waals surface area (Å²) in [6, 6.07) is 6.38. The molecule has 2 unspecified atom stereocenters. The van der Waals surface area contributed by atoms with Crippen molar-refractivity contribution in [2.75, 3.05) is 13.1 Å². The Hall–Kier alpha value is -4.48. The number of carbonyl (C=O) groups excluding carboxylic acids is 1. The molecule has 0 spiro atoms. The summed E-state index contributed by atoms with van der Waals surface area (Å²) in [6.07, 6.45) is 3.70. The first kappa shape index (κ1) is 26.1. The molecule has 1 aromatic carbocycles.